The third-order valence-electron chi connectivity index (χ3n) is 8.23. The number of hydrogen-bond donors (Lipinski definition) is 7. The molecule has 1 fully saturated rings. The molecule has 46 heavy (non-hydrogen) atoms. The monoisotopic (exact) mass is 624 g/mol. The third kappa shape index (κ3) is 8.51. The van der Waals surface area contributed by atoms with Gasteiger partial charge in [0.2, 0.25) is 23.6 Å². The van der Waals surface area contributed by atoms with Gasteiger partial charge in [0, 0.05) is 36.5 Å². The second-order valence-electron chi connectivity index (χ2n) is 11.7. The smallest absolute Gasteiger partial charge is 0.243 e. The molecule has 4 atom stereocenters. The molecular formula is C35H40N6O5. The molecule has 11 nitrogen and oxygen atoms in total. The van der Waals surface area contributed by atoms with E-state index in [0.29, 0.717) is 19.4 Å². The fourth-order valence-electron chi connectivity index (χ4n) is 5.67. The number of hydrogen-bond acceptors (Lipinski definition) is 6. The van der Waals surface area contributed by atoms with Crippen molar-refractivity contribution in [1.82, 2.24) is 26.3 Å². The van der Waals surface area contributed by atoms with E-state index in [2.05, 4.69) is 26.3 Å². The summed E-state index contributed by atoms with van der Waals surface area (Å²) in [5.74, 6) is -1.73. The van der Waals surface area contributed by atoms with Gasteiger partial charge in [-0.2, -0.15) is 0 Å². The summed E-state index contributed by atoms with van der Waals surface area (Å²) in [6.45, 7) is 0.349. The van der Waals surface area contributed by atoms with E-state index in [9.17, 15) is 24.3 Å². The molecular weight excluding hydrogens is 584 g/mol. The van der Waals surface area contributed by atoms with Crippen LogP contribution in [0.2, 0.25) is 0 Å². The van der Waals surface area contributed by atoms with Crippen molar-refractivity contribution in [2.45, 2.75) is 62.7 Å². The number of aromatic nitrogens is 1. The number of rotatable bonds is 8. The van der Waals surface area contributed by atoms with Crippen LogP contribution in [-0.2, 0) is 38.4 Å². The average molecular weight is 625 g/mol. The largest absolute Gasteiger partial charge is 0.508 e. The molecule has 240 valence electrons. The van der Waals surface area contributed by atoms with Crippen molar-refractivity contribution in [3.63, 3.8) is 0 Å². The number of nitrogens with one attached hydrogen (secondary N) is 5. The predicted molar refractivity (Wildman–Crippen MR) is 175 cm³/mol. The number of fused-ring (bicyclic) bond motifs is 1. The Balaban J connectivity index is 1.37. The minimum absolute atomic E-state index is 0.108. The third-order valence-corrected chi connectivity index (χ3v) is 8.23. The number of H-pyrrole nitrogens is 1. The van der Waals surface area contributed by atoms with E-state index in [0.717, 1.165) is 27.6 Å². The molecule has 0 spiro atoms. The van der Waals surface area contributed by atoms with Gasteiger partial charge in [0.25, 0.3) is 0 Å². The highest BCUT2D eigenvalue weighted by molar-refractivity contribution is 5.95. The van der Waals surface area contributed by atoms with Gasteiger partial charge in [-0.05, 0) is 60.6 Å². The van der Waals surface area contributed by atoms with Crippen LogP contribution in [0.1, 0.15) is 36.0 Å². The number of amides is 4. The van der Waals surface area contributed by atoms with Crippen molar-refractivity contribution < 1.29 is 24.3 Å². The molecule has 1 aliphatic heterocycles. The van der Waals surface area contributed by atoms with Gasteiger partial charge in [-0.25, -0.2) is 0 Å². The van der Waals surface area contributed by atoms with Crippen molar-refractivity contribution in [3.05, 3.63) is 102 Å². The first kappa shape index (κ1) is 32.2. The minimum Gasteiger partial charge on any atom is -0.508 e. The lowest BCUT2D eigenvalue weighted by molar-refractivity contribution is -0.133. The molecule has 4 amide bonds. The van der Waals surface area contributed by atoms with Gasteiger partial charge < -0.3 is 37.1 Å². The summed E-state index contributed by atoms with van der Waals surface area (Å²) in [6.07, 6.45) is 3.83. The summed E-state index contributed by atoms with van der Waals surface area (Å²) < 4.78 is 0. The van der Waals surface area contributed by atoms with Crippen LogP contribution in [0.4, 0.5) is 0 Å². The first-order chi connectivity index (χ1) is 22.3. The maximum Gasteiger partial charge on any atom is 0.243 e. The SMILES string of the molecule is N[C@@H](Cc1ccc(O)cc1)C(=O)NC1CCCCNC(=O)C(Cc2ccccc2)NC(=O)C(Cc2c[nH]c3ccccc23)NC1=O. The predicted octanol–water partition coefficient (Wildman–Crippen LogP) is 1.98. The van der Waals surface area contributed by atoms with Crippen molar-refractivity contribution >= 4 is 34.5 Å². The van der Waals surface area contributed by atoms with Gasteiger partial charge in [-0.15, -0.1) is 0 Å². The summed E-state index contributed by atoms with van der Waals surface area (Å²) in [6, 6.07) is 19.7. The minimum atomic E-state index is -1.04. The summed E-state index contributed by atoms with van der Waals surface area (Å²) in [5, 5.41) is 21.9. The molecule has 0 saturated carbocycles. The van der Waals surface area contributed by atoms with Crippen molar-refractivity contribution in [1.29, 1.82) is 0 Å². The van der Waals surface area contributed by atoms with Crippen molar-refractivity contribution in [2.24, 2.45) is 5.73 Å². The number of aromatic hydroxyl groups is 1. The Hall–Kier alpha value is -5.16. The molecule has 1 aliphatic rings. The Morgan fingerprint density at radius 1 is 0.826 bits per heavy atom. The van der Waals surface area contributed by atoms with E-state index in [4.69, 9.17) is 5.73 Å². The first-order valence-electron chi connectivity index (χ1n) is 15.6. The molecule has 3 unspecified atom stereocenters. The summed E-state index contributed by atoms with van der Waals surface area (Å²) in [4.78, 5) is 57.3. The highest BCUT2D eigenvalue weighted by Crippen LogP contribution is 2.20. The zero-order valence-electron chi connectivity index (χ0n) is 25.5. The molecule has 4 aromatic rings. The number of phenols is 1. The number of nitrogens with two attached hydrogens (primary N) is 1. The molecule has 1 aromatic heterocycles. The zero-order chi connectivity index (χ0) is 32.5. The highest BCUT2D eigenvalue weighted by atomic mass is 16.3. The van der Waals surface area contributed by atoms with Crippen LogP contribution >= 0.6 is 0 Å². The van der Waals surface area contributed by atoms with Gasteiger partial charge >= 0.3 is 0 Å². The number of phenolic OH excluding ortho intramolecular Hbond substituents is 1. The Labute approximate surface area is 267 Å². The zero-order valence-corrected chi connectivity index (χ0v) is 25.5. The molecule has 5 rings (SSSR count). The molecule has 0 bridgehead atoms. The quantitative estimate of drug-likeness (QED) is 0.158. The number of benzene rings is 3. The number of para-hydroxylation sites is 1. The Morgan fingerprint density at radius 3 is 2.30 bits per heavy atom. The average Bonchev–Trinajstić information content (AvgIpc) is 3.47. The van der Waals surface area contributed by atoms with Gasteiger partial charge in [-0.1, -0.05) is 60.7 Å². The Morgan fingerprint density at radius 2 is 1.52 bits per heavy atom. The maximum atomic E-state index is 13.9. The highest BCUT2D eigenvalue weighted by Gasteiger charge is 2.31. The first-order valence-corrected chi connectivity index (χ1v) is 15.6. The van der Waals surface area contributed by atoms with E-state index in [-0.39, 0.29) is 37.3 Å². The molecule has 1 saturated heterocycles. The van der Waals surface area contributed by atoms with Crippen molar-refractivity contribution in [2.75, 3.05) is 6.54 Å². The van der Waals surface area contributed by atoms with E-state index >= 15 is 0 Å². The van der Waals surface area contributed by atoms with Crippen LogP contribution < -0.4 is 27.0 Å². The van der Waals surface area contributed by atoms with E-state index in [1.807, 2.05) is 54.6 Å². The van der Waals surface area contributed by atoms with Crippen molar-refractivity contribution in [3.8, 4) is 5.75 Å². The van der Waals surface area contributed by atoms with E-state index < -0.39 is 41.9 Å². The second-order valence-corrected chi connectivity index (χ2v) is 11.7. The second kappa shape index (κ2) is 15.2. The Bertz CT molecular complexity index is 1660. The lowest BCUT2D eigenvalue weighted by Gasteiger charge is -2.25. The van der Waals surface area contributed by atoms with Gasteiger partial charge in [-0.3, -0.25) is 19.2 Å². The molecule has 0 aliphatic carbocycles. The van der Waals surface area contributed by atoms with Crippen LogP contribution in [0.25, 0.3) is 10.9 Å². The fourth-order valence-corrected chi connectivity index (χ4v) is 5.67. The van der Waals surface area contributed by atoms with E-state index in [1.54, 1.807) is 18.3 Å². The van der Waals surface area contributed by atoms with Crippen LogP contribution in [0.5, 0.6) is 5.75 Å². The number of carbonyl (C=O) groups is 4. The number of aromatic amines is 1. The van der Waals surface area contributed by atoms with E-state index in [1.165, 1.54) is 12.1 Å². The lowest BCUT2D eigenvalue weighted by Crippen LogP contribution is -2.58. The topological polar surface area (TPSA) is 178 Å². The summed E-state index contributed by atoms with van der Waals surface area (Å²) in [5.41, 5.74) is 9.56. The molecule has 0 radical (unpaired) electrons. The Kier molecular flexibility index (Phi) is 10.7. The molecule has 8 N–H and O–H groups in total. The summed E-state index contributed by atoms with van der Waals surface area (Å²) in [7, 11) is 0. The molecule has 2 heterocycles. The van der Waals surface area contributed by atoms with Crippen LogP contribution in [0, 0.1) is 0 Å². The lowest BCUT2D eigenvalue weighted by atomic mass is 10.0. The molecule has 11 heteroatoms. The standard InChI is InChI=1S/C35H40N6O5/c36-27(18-23-13-15-25(42)16-14-23)32(43)39-29-12-6-7-17-37-33(44)30(19-22-8-2-1-3-9-22)40-35(46)31(41-34(29)45)20-24-21-38-28-11-5-4-10-26(24)28/h1-5,8-11,13-16,21,27,29-31,38,42H,6-7,12,17-20,36H2,(H,37,44)(H,39,43)(H,40,46)(H,41,45)/t27-,29?,30?,31?/m0/s1. The van der Waals surface area contributed by atoms with Crippen LogP contribution in [-0.4, -0.2) is 64.4 Å². The summed E-state index contributed by atoms with van der Waals surface area (Å²) >= 11 is 0. The molecule has 3 aromatic carbocycles. The van der Waals surface area contributed by atoms with Gasteiger partial charge in [0.1, 0.15) is 23.9 Å². The fraction of sp³-hybridized carbons (Fsp3) is 0.314. The van der Waals surface area contributed by atoms with Crippen LogP contribution in [0.3, 0.4) is 0 Å². The van der Waals surface area contributed by atoms with Gasteiger partial charge in [0.15, 0.2) is 0 Å². The van der Waals surface area contributed by atoms with Crippen LogP contribution in [0.15, 0.2) is 85.1 Å². The number of carbonyl (C=O) groups excluding carboxylic acids is 4. The maximum absolute atomic E-state index is 13.9. The normalized spacial score (nSPS) is 20.3. The van der Waals surface area contributed by atoms with Gasteiger partial charge in [0.05, 0.1) is 6.04 Å².